The summed E-state index contributed by atoms with van der Waals surface area (Å²) in [5.41, 5.74) is 1.39. The Morgan fingerprint density at radius 1 is 0.741 bits per heavy atom. The molecule has 0 heterocycles. The van der Waals surface area contributed by atoms with Gasteiger partial charge < -0.3 is 5.32 Å². The fraction of sp³-hybridized carbons (Fsp3) is 0.615. The lowest BCUT2D eigenvalue weighted by Crippen LogP contribution is -2.19. The lowest BCUT2D eigenvalue weighted by molar-refractivity contribution is 0.525. The van der Waals surface area contributed by atoms with E-state index in [2.05, 4.69) is 73.8 Å². The molecule has 0 aliphatic carbocycles. The van der Waals surface area contributed by atoms with Crippen LogP contribution in [0.3, 0.4) is 0 Å². The number of hydrogen-bond acceptors (Lipinski definition) is 1. The molecule has 1 aromatic rings. The standard InChI is InChI=1S/C26H43N/c1-3-4-5-6-7-8-9-10-11-12-13-14-15-16-17-21-24-27-25(2)26-22-19-18-20-23-26/h7-8,10-11,18-20,22-23,25,27H,3-6,9,12-17,21,24H2,1-2H3/b8-7-,11-10-. The van der Waals surface area contributed by atoms with Gasteiger partial charge in [-0.15, -0.1) is 0 Å². The van der Waals surface area contributed by atoms with Crippen LogP contribution in [0.15, 0.2) is 54.6 Å². The van der Waals surface area contributed by atoms with E-state index in [1.54, 1.807) is 0 Å². The second-order valence-corrected chi connectivity index (χ2v) is 7.67. The van der Waals surface area contributed by atoms with E-state index in [9.17, 15) is 0 Å². The van der Waals surface area contributed by atoms with E-state index in [0.29, 0.717) is 6.04 Å². The van der Waals surface area contributed by atoms with Crippen LogP contribution < -0.4 is 5.32 Å². The molecule has 0 saturated heterocycles. The largest absolute Gasteiger partial charge is 0.310 e. The molecular weight excluding hydrogens is 326 g/mol. The van der Waals surface area contributed by atoms with Crippen molar-refractivity contribution in [2.45, 2.75) is 96.9 Å². The molecule has 0 saturated carbocycles. The van der Waals surface area contributed by atoms with Gasteiger partial charge in [0, 0.05) is 6.04 Å². The lowest BCUT2D eigenvalue weighted by Gasteiger charge is -2.13. The quantitative estimate of drug-likeness (QED) is 0.216. The van der Waals surface area contributed by atoms with E-state index >= 15 is 0 Å². The van der Waals surface area contributed by atoms with Crippen molar-refractivity contribution in [3.05, 3.63) is 60.2 Å². The van der Waals surface area contributed by atoms with Gasteiger partial charge in [-0.2, -0.15) is 0 Å². The molecule has 1 N–H and O–H groups in total. The van der Waals surface area contributed by atoms with Gasteiger partial charge in [0.15, 0.2) is 0 Å². The number of unbranched alkanes of at least 4 members (excludes halogenated alkanes) is 9. The Bertz CT molecular complexity index is 474. The summed E-state index contributed by atoms with van der Waals surface area (Å²) in [6.45, 7) is 5.65. The maximum absolute atomic E-state index is 3.63. The van der Waals surface area contributed by atoms with E-state index < -0.39 is 0 Å². The van der Waals surface area contributed by atoms with Crippen LogP contribution in [-0.4, -0.2) is 6.54 Å². The summed E-state index contributed by atoms with van der Waals surface area (Å²) in [5, 5.41) is 3.63. The van der Waals surface area contributed by atoms with E-state index in [1.807, 2.05) is 0 Å². The minimum absolute atomic E-state index is 0.462. The third kappa shape index (κ3) is 14.4. The van der Waals surface area contributed by atoms with Crippen LogP contribution in [0.2, 0.25) is 0 Å². The highest BCUT2D eigenvalue weighted by Crippen LogP contribution is 2.12. The van der Waals surface area contributed by atoms with Gasteiger partial charge in [-0.25, -0.2) is 0 Å². The van der Waals surface area contributed by atoms with Crippen molar-refractivity contribution in [1.82, 2.24) is 5.32 Å². The fourth-order valence-corrected chi connectivity index (χ4v) is 3.29. The van der Waals surface area contributed by atoms with Crippen molar-refractivity contribution < 1.29 is 0 Å². The van der Waals surface area contributed by atoms with Crippen molar-refractivity contribution in [2.75, 3.05) is 6.54 Å². The van der Waals surface area contributed by atoms with Crippen molar-refractivity contribution in [3.8, 4) is 0 Å². The molecule has 0 amide bonds. The fourth-order valence-electron chi connectivity index (χ4n) is 3.29. The summed E-state index contributed by atoms with van der Waals surface area (Å²) in [4.78, 5) is 0. The number of hydrogen-bond donors (Lipinski definition) is 1. The molecule has 0 spiro atoms. The van der Waals surface area contributed by atoms with Gasteiger partial charge >= 0.3 is 0 Å². The van der Waals surface area contributed by atoms with Gasteiger partial charge in [-0.3, -0.25) is 0 Å². The molecular formula is C26H43N. The van der Waals surface area contributed by atoms with E-state index in [-0.39, 0.29) is 0 Å². The number of rotatable bonds is 17. The molecule has 1 nitrogen and oxygen atoms in total. The first kappa shape index (κ1) is 23.7. The van der Waals surface area contributed by atoms with Gasteiger partial charge in [0.2, 0.25) is 0 Å². The van der Waals surface area contributed by atoms with Crippen molar-refractivity contribution in [2.24, 2.45) is 0 Å². The Morgan fingerprint density at radius 3 is 2.00 bits per heavy atom. The number of benzene rings is 1. The van der Waals surface area contributed by atoms with Crippen molar-refractivity contribution in [1.29, 1.82) is 0 Å². The zero-order valence-corrected chi connectivity index (χ0v) is 18.0. The summed E-state index contributed by atoms with van der Waals surface area (Å²) >= 11 is 0. The predicted molar refractivity (Wildman–Crippen MR) is 122 cm³/mol. The molecule has 0 aliphatic rings. The van der Waals surface area contributed by atoms with Crippen LogP contribution >= 0.6 is 0 Å². The van der Waals surface area contributed by atoms with E-state index in [0.717, 1.165) is 13.0 Å². The van der Waals surface area contributed by atoms with Crippen LogP contribution in [-0.2, 0) is 0 Å². The van der Waals surface area contributed by atoms with Gasteiger partial charge in [-0.1, -0.05) is 100 Å². The molecule has 0 bridgehead atoms. The van der Waals surface area contributed by atoms with Crippen LogP contribution in [0.1, 0.15) is 103 Å². The zero-order chi connectivity index (χ0) is 19.4. The highest BCUT2D eigenvalue weighted by atomic mass is 14.9. The second-order valence-electron chi connectivity index (χ2n) is 7.67. The van der Waals surface area contributed by atoms with Gasteiger partial charge in [-0.05, 0) is 57.6 Å². The van der Waals surface area contributed by atoms with Crippen LogP contribution in [0.5, 0.6) is 0 Å². The van der Waals surface area contributed by atoms with Crippen LogP contribution in [0.25, 0.3) is 0 Å². The van der Waals surface area contributed by atoms with Crippen LogP contribution in [0, 0.1) is 0 Å². The minimum Gasteiger partial charge on any atom is -0.310 e. The predicted octanol–water partition coefficient (Wildman–Crippen LogP) is 8.15. The molecule has 1 heteroatoms. The van der Waals surface area contributed by atoms with E-state index in [4.69, 9.17) is 0 Å². The maximum atomic E-state index is 3.63. The molecule has 1 unspecified atom stereocenters. The summed E-state index contributed by atoms with van der Waals surface area (Å²) in [6.07, 6.45) is 25.1. The summed E-state index contributed by atoms with van der Waals surface area (Å²) < 4.78 is 0. The third-order valence-electron chi connectivity index (χ3n) is 5.13. The first-order chi connectivity index (χ1) is 13.3. The third-order valence-corrected chi connectivity index (χ3v) is 5.13. The minimum atomic E-state index is 0.462. The molecule has 1 aromatic carbocycles. The Morgan fingerprint density at radius 2 is 1.33 bits per heavy atom. The number of allylic oxidation sites excluding steroid dienone is 4. The zero-order valence-electron chi connectivity index (χ0n) is 18.0. The maximum Gasteiger partial charge on any atom is 0.0291 e. The molecule has 27 heavy (non-hydrogen) atoms. The summed E-state index contributed by atoms with van der Waals surface area (Å²) in [6, 6.07) is 11.2. The summed E-state index contributed by atoms with van der Waals surface area (Å²) in [5.74, 6) is 0. The first-order valence-corrected chi connectivity index (χ1v) is 11.4. The lowest BCUT2D eigenvalue weighted by atomic mass is 10.1. The molecule has 152 valence electrons. The average molecular weight is 370 g/mol. The Hall–Kier alpha value is -1.34. The first-order valence-electron chi connectivity index (χ1n) is 11.4. The normalized spacial score (nSPS) is 13.0. The molecule has 0 fully saturated rings. The SMILES string of the molecule is CCCCC/C=C\C/C=C\CCCCCCCCNC(C)c1ccccc1. The summed E-state index contributed by atoms with van der Waals surface area (Å²) in [7, 11) is 0. The highest BCUT2D eigenvalue weighted by Gasteiger charge is 2.02. The second kappa shape index (κ2) is 18.0. The molecule has 1 atom stereocenters. The number of nitrogens with one attached hydrogen (secondary N) is 1. The Labute approximate surface area is 169 Å². The van der Waals surface area contributed by atoms with Crippen LogP contribution in [0.4, 0.5) is 0 Å². The molecule has 0 radical (unpaired) electrons. The van der Waals surface area contributed by atoms with Gasteiger partial charge in [0.25, 0.3) is 0 Å². The molecule has 1 rings (SSSR count). The van der Waals surface area contributed by atoms with Crippen molar-refractivity contribution in [3.63, 3.8) is 0 Å². The molecule has 0 aliphatic heterocycles. The Kier molecular flexibility index (Phi) is 15.8. The van der Waals surface area contributed by atoms with Gasteiger partial charge in [0.05, 0.1) is 0 Å². The smallest absolute Gasteiger partial charge is 0.0291 e. The average Bonchev–Trinajstić information content (AvgIpc) is 2.70. The Balaban J connectivity index is 1.83. The highest BCUT2D eigenvalue weighted by molar-refractivity contribution is 5.17. The van der Waals surface area contributed by atoms with Gasteiger partial charge in [0.1, 0.15) is 0 Å². The topological polar surface area (TPSA) is 12.0 Å². The van der Waals surface area contributed by atoms with E-state index in [1.165, 1.54) is 76.2 Å². The molecule has 0 aromatic heterocycles. The monoisotopic (exact) mass is 369 g/mol. The van der Waals surface area contributed by atoms with Crippen molar-refractivity contribution >= 4 is 0 Å².